The number of benzene rings is 1. The lowest BCUT2D eigenvalue weighted by atomic mass is 9.85. The van der Waals surface area contributed by atoms with Crippen LogP contribution >= 0.6 is 0 Å². The lowest BCUT2D eigenvalue weighted by Gasteiger charge is -2.23. The Kier molecular flexibility index (Phi) is 3.56. The van der Waals surface area contributed by atoms with Crippen LogP contribution in [0.5, 0.6) is 0 Å². The summed E-state index contributed by atoms with van der Waals surface area (Å²) in [6, 6.07) is 6.74. The Hall–Kier alpha value is -0.820. The van der Waals surface area contributed by atoms with Crippen molar-refractivity contribution >= 4 is 0 Å². The molecular weight excluding hydrogens is 182 g/mol. The SMILES string of the molecule is Cc1cc(C)cc(C(N)CC(C)(C)C)c1. The predicted molar refractivity (Wildman–Crippen MR) is 66.9 cm³/mol. The van der Waals surface area contributed by atoms with E-state index in [2.05, 4.69) is 52.8 Å². The quantitative estimate of drug-likeness (QED) is 0.782. The van der Waals surface area contributed by atoms with Crippen molar-refractivity contribution < 1.29 is 0 Å². The molecule has 1 unspecified atom stereocenters. The third kappa shape index (κ3) is 4.05. The van der Waals surface area contributed by atoms with Crippen LogP contribution in [0.1, 0.15) is 49.9 Å². The molecule has 0 amide bonds. The van der Waals surface area contributed by atoms with Crippen molar-refractivity contribution in [2.75, 3.05) is 0 Å². The molecule has 0 spiro atoms. The molecule has 1 heteroatoms. The lowest BCUT2D eigenvalue weighted by molar-refractivity contribution is 0.342. The second kappa shape index (κ2) is 4.36. The summed E-state index contributed by atoms with van der Waals surface area (Å²) in [6.07, 6.45) is 1.02. The molecule has 2 N–H and O–H groups in total. The van der Waals surface area contributed by atoms with Crippen molar-refractivity contribution in [1.29, 1.82) is 0 Å². The number of hydrogen-bond acceptors (Lipinski definition) is 1. The van der Waals surface area contributed by atoms with E-state index in [1.807, 2.05) is 0 Å². The van der Waals surface area contributed by atoms with Gasteiger partial charge in [0.15, 0.2) is 0 Å². The summed E-state index contributed by atoms with van der Waals surface area (Å²) in [5.74, 6) is 0. The zero-order valence-electron chi connectivity index (χ0n) is 10.6. The molecule has 0 bridgehead atoms. The molecule has 1 rings (SSSR count). The topological polar surface area (TPSA) is 26.0 Å². The van der Waals surface area contributed by atoms with Gasteiger partial charge in [-0.1, -0.05) is 50.1 Å². The fraction of sp³-hybridized carbons (Fsp3) is 0.571. The van der Waals surface area contributed by atoms with Crippen molar-refractivity contribution in [3.05, 3.63) is 34.9 Å². The molecule has 1 atom stereocenters. The number of hydrogen-bond donors (Lipinski definition) is 1. The Labute approximate surface area is 93.7 Å². The van der Waals surface area contributed by atoms with E-state index in [1.165, 1.54) is 16.7 Å². The zero-order valence-corrected chi connectivity index (χ0v) is 10.6. The van der Waals surface area contributed by atoms with Crippen LogP contribution in [0.2, 0.25) is 0 Å². The van der Waals surface area contributed by atoms with Gasteiger partial charge in [-0.25, -0.2) is 0 Å². The van der Waals surface area contributed by atoms with Crippen molar-refractivity contribution in [2.45, 2.75) is 47.1 Å². The highest BCUT2D eigenvalue weighted by atomic mass is 14.6. The Balaban J connectivity index is 2.86. The molecule has 15 heavy (non-hydrogen) atoms. The van der Waals surface area contributed by atoms with Gasteiger partial charge in [0.25, 0.3) is 0 Å². The largest absolute Gasteiger partial charge is 0.324 e. The van der Waals surface area contributed by atoms with E-state index in [0.29, 0.717) is 0 Å². The number of nitrogens with two attached hydrogens (primary N) is 1. The molecular formula is C14H23N. The van der Waals surface area contributed by atoms with Gasteiger partial charge in [-0.15, -0.1) is 0 Å². The highest BCUT2D eigenvalue weighted by molar-refractivity contribution is 5.30. The average Bonchev–Trinajstić information content (AvgIpc) is 1.98. The van der Waals surface area contributed by atoms with Crippen molar-refractivity contribution in [3.63, 3.8) is 0 Å². The van der Waals surface area contributed by atoms with E-state index in [-0.39, 0.29) is 11.5 Å². The minimum atomic E-state index is 0.156. The standard InChI is InChI=1S/C14H23N/c1-10-6-11(2)8-12(7-10)13(15)9-14(3,4)5/h6-8,13H,9,15H2,1-5H3. The molecule has 0 radical (unpaired) electrons. The monoisotopic (exact) mass is 205 g/mol. The van der Waals surface area contributed by atoms with Crippen LogP contribution in [-0.4, -0.2) is 0 Å². The van der Waals surface area contributed by atoms with Gasteiger partial charge in [0.05, 0.1) is 0 Å². The molecule has 0 saturated heterocycles. The Morgan fingerprint density at radius 3 is 1.93 bits per heavy atom. The molecule has 1 aromatic rings. The molecule has 1 nitrogen and oxygen atoms in total. The first-order valence-corrected chi connectivity index (χ1v) is 5.62. The maximum Gasteiger partial charge on any atom is 0.0300 e. The van der Waals surface area contributed by atoms with Crippen LogP contribution in [0.15, 0.2) is 18.2 Å². The van der Waals surface area contributed by atoms with Gasteiger partial charge in [0, 0.05) is 6.04 Å². The first-order chi connectivity index (χ1) is 6.78. The van der Waals surface area contributed by atoms with Crippen LogP contribution < -0.4 is 5.73 Å². The highest BCUT2D eigenvalue weighted by Crippen LogP contribution is 2.28. The van der Waals surface area contributed by atoms with Crippen LogP contribution in [0.4, 0.5) is 0 Å². The van der Waals surface area contributed by atoms with Crippen LogP contribution in [0.25, 0.3) is 0 Å². The van der Waals surface area contributed by atoms with E-state index >= 15 is 0 Å². The van der Waals surface area contributed by atoms with Gasteiger partial charge < -0.3 is 5.73 Å². The molecule has 0 heterocycles. The molecule has 0 saturated carbocycles. The molecule has 0 aliphatic heterocycles. The summed E-state index contributed by atoms with van der Waals surface area (Å²) in [5, 5.41) is 0. The first kappa shape index (κ1) is 12.3. The maximum absolute atomic E-state index is 6.22. The van der Waals surface area contributed by atoms with E-state index in [0.717, 1.165) is 6.42 Å². The zero-order chi connectivity index (χ0) is 11.6. The fourth-order valence-electron chi connectivity index (χ4n) is 2.00. The number of rotatable bonds is 2. The van der Waals surface area contributed by atoms with Crippen molar-refractivity contribution in [1.82, 2.24) is 0 Å². The summed E-state index contributed by atoms with van der Waals surface area (Å²) in [5.41, 5.74) is 10.4. The van der Waals surface area contributed by atoms with Gasteiger partial charge in [0.1, 0.15) is 0 Å². The second-order valence-electron chi connectivity index (χ2n) is 5.79. The third-order valence-electron chi connectivity index (χ3n) is 2.50. The maximum atomic E-state index is 6.22. The molecule has 0 aliphatic rings. The third-order valence-corrected chi connectivity index (χ3v) is 2.50. The number of aryl methyl sites for hydroxylation is 2. The molecule has 1 aromatic carbocycles. The van der Waals surface area contributed by atoms with E-state index in [9.17, 15) is 0 Å². The summed E-state index contributed by atoms with van der Waals surface area (Å²) >= 11 is 0. The van der Waals surface area contributed by atoms with Crippen molar-refractivity contribution in [2.24, 2.45) is 11.1 Å². The fourth-order valence-corrected chi connectivity index (χ4v) is 2.00. The Morgan fingerprint density at radius 2 is 1.53 bits per heavy atom. The predicted octanol–water partition coefficient (Wildman–Crippen LogP) is 3.74. The minimum absolute atomic E-state index is 0.156. The normalized spacial score (nSPS) is 14.0. The summed E-state index contributed by atoms with van der Waals surface area (Å²) < 4.78 is 0. The van der Waals surface area contributed by atoms with Crippen LogP contribution in [-0.2, 0) is 0 Å². The van der Waals surface area contributed by atoms with E-state index in [1.54, 1.807) is 0 Å². The molecule has 0 aliphatic carbocycles. The van der Waals surface area contributed by atoms with Crippen LogP contribution in [0.3, 0.4) is 0 Å². The molecule has 0 fully saturated rings. The summed E-state index contributed by atoms with van der Waals surface area (Å²) in [6.45, 7) is 10.9. The lowest BCUT2D eigenvalue weighted by Crippen LogP contribution is -2.18. The average molecular weight is 205 g/mol. The van der Waals surface area contributed by atoms with E-state index < -0.39 is 0 Å². The van der Waals surface area contributed by atoms with Gasteiger partial charge in [0.2, 0.25) is 0 Å². The van der Waals surface area contributed by atoms with Crippen molar-refractivity contribution in [3.8, 4) is 0 Å². The van der Waals surface area contributed by atoms with Gasteiger partial charge in [-0.05, 0) is 31.2 Å². The minimum Gasteiger partial charge on any atom is -0.324 e. The van der Waals surface area contributed by atoms with Gasteiger partial charge >= 0.3 is 0 Å². The van der Waals surface area contributed by atoms with Gasteiger partial charge in [-0.2, -0.15) is 0 Å². The second-order valence-corrected chi connectivity index (χ2v) is 5.79. The molecule has 84 valence electrons. The highest BCUT2D eigenvalue weighted by Gasteiger charge is 2.17. The Bertz CT molecular complexity index is 313. The Morgan fingerprint density at radius 1 is 1.07 bits per heavy atom. The summed E-state index contributed by atoms with van der Waals surface area (Å²) in [7, 11) is 0. The van der Waals surface area contributed by atoms with Crippen LogP contribution in [0, 0.1) is 19.3 Å². The van der Waals surface area contributed by atoms with Gasteiger partial charge in [-0.3, -0.25) is 0 Å². The smallest absolute Gasteiger partial charge is 0.0300 e. The molecule has 0 aromatic heterocycles. The summed E-state index contributed by atoms with van der Waals surface area (Å²) in [4.78, 5) is 0. The van der Waals surface area contributed by atoms with E-state index in [4.69, 9.17) is 5.73 Å². The first-order valence-electron chi connectivity index (χ1n) is 5.62.